The molecule has 0 saturated carbocycles. The lowest BCUT2D eigenvalue weighted by atomic mass is 10.1. The molecule has 5 nitrogen and oxygen atoms in total. The van der Waals surface area contributed by atoms with Crippen molar-refractivity contribution in [2.24, 2.45) is 0 Å². The van der Waals surface area contributed by atoms with E-state index in [1.165, 1.54) is 0 Å². The first-order chi connectivity index (χ1) is 9.74. The summed E-state index contributed by atoms with van der Waals surface area (Å²) in [5.74, 6) is 1.54. The van der Waals surface area contributed by atoms with E-state index in [0.29, 0.717) is 13.2 Å². The molecule has 0 spiro atoms. The molecule has 5 heteroatoms. The van der Waals surface area contributed by atoms with Gasteiger partial charge in [0.15, 0.2) is 11.5 Å². The second-order valence-corrected chi connectivity index (χ2v) is 4.76. The molecular formula is C15H24N2O3. The summed E-state index contributed by atoms with van der Waals surface area (Å²) in [6, 6.07) is 3.85. The van der Waals surface area contributed by atoms with Gasteiger partial charge in [0, 0.05) is 31.5 Å². The van der Waals surface area contributed by atoms with Crippen molar-refractivity contribution in [2.45, 2.75) is 20.4 Å². The van der Waals surface area contributed by atoms with Crippen molar-refractivity contribution in [1.29, 1.82) is 0 Å². The standard InChI is InChI=1S/C15H24N2O3/c1-3-17(5-6-18-4-2)11-12-9-14-15(10-13(12)16)20-8-7-19-14/h9-10H,3-8,11,16H2,1-2H3. The van der Waals surface area contributed by atoms with Gasteiger partial charge in [-0.3, -0.25) is 4.90 Å². The van der Waals surface area contributed by atoms with Gasteiger partial charge in [-0.05, 0) is 25.1 Å². The molecule has 1 aromatic rings. The fourth-order valence-electron chi connectivity index (χ4n) is 2.21. The van der Waals surface area contributed by atoms with Crippen LogP contribution in [0.15, 0.2) is 12.1 Å². The minimum absolute atomic E-state index is 0.585. The number of anilines is 1. The van der Waals surface area contributed by atoms with E-state index in [9.17, 15) is 0 Å². The summed E-state index contributed by atoms with van der Waals surface area (Å²) in [5, 5.41) is 0. The van der Waals surface area contributed by atoms with Crippen LogP contribution in [0.5, 0.6) is 11.5 Å². The molecule has 20 heavy (non-hydrogen) atoms. The highest BCUT2D eigenvalue weighted by Crippen LogP contribution is 2.34. The summed E-state index contributed by atoms with van der Waals surface area (Å²) in [7, 11) is 0. The molecule has 0 aliphatic carbocycles. The zero-order valence-electron chi connectivity index (χ0n) is 12.4. The number of hydrogen-bond acceptors (Lipinski definition) is 5. The molecule has 1 aliphatic rings. The van der Waals surface area contributed by atoms with Gasteiger partial charge < -0.3 is 19.9 Å². The van der Waals surface area contributed by atoms with E-state index in [4.69, 9.17) is 19.9 Å². The highest BCUT2D eigenvalue weighted by atomic mass is 16.6. The third-order valence-corrected chi connectivity index (χ3v) is 3.40. The highest BCUT2D eigenvalue weighted by molar-refractivity contribution is 5.58. The lowest BCUT2D eigenvalue weighted by molar-refractivity contribution is 0.113. The van der Waals surface area contributed by atoms with Crippen LogP contribution in [-0.4, -0.2) is 44.4 Å². The predicted molar refractivity (Wildman–Crippen MR) is 79.3 cm³/mol. The number of rotatable bonds is 7. The smallest absolute Gasteiger partial charge is 0.163 e. The van der Waals surface area contributed by atoms with Crippen LogP contribution in [0.1, 0.15) is 19.4 Å². The number of fused-ring (bicyclic) bond motifs is 1. The van der Waals surface area contributed by atoms with Gasteiger partial charge in [-0.1, -0.05) is 6.92 Å². The molecule has 0 radical (unpaired) electrons. The van der Waals surface area contributed by atoms with Crippen molar-refractivity contribution in [3.8, 4) is 11.5 Å². The SMILES string of the molecule is CCOCCN(CC)Cc1cc2c(cc1N)OCCO2. The van der Waals surface area contributed by atoms with Crippen LogP contribution in [0.3, 0.4) is 0 Å². The highest BCUT2D eigenvalue weighted by Gasteiger charge is 2.15. The molecule has 0 amide bonds. The van der Waals surface area contributed by atoms with Crippen LogP contribution < -0.4 is 15.2 Å². The average molecular weight is 280 g/mol. The van der Waals surface area contributed by atoms with Gasteiger partial charge in [0.25, 0.3) is 0 Å². The second-order valence-electron chi connectivity index (χ2n) is 4.76. The number of hydrogen-bond donors (Lipinski definition) is 1. The topological polar surface area (TPSA) is 57.0 Å². The number of nitrogens with two attached hydrogens (primary N) is 1. The van der Waals surface area contributed by atoms with E-state index in [1.54, 1.807) is 0 Å². The second kappa shape index (κ2) is 7.36. The molecule has 112 valence electrons. The van der Waals surface area contributed by atoms with Crippen LogP contribution in [0, 0.1) is 0 Å². The third-order valence-electron chi connectivity index (χ3n) is 3.40. The summed E-state index contributed by atoms with van der Waals surface area (Å²) < 4.78 is 16.5. The van der Waals surface area contributed by atoms with Crippen LogP contribution >= 0.6 is 0 Å². The molecule has 0 bridgehead atoms. The Kier molecular flexibility index (Phi) is 5.49. The summed E-state index contributed by atoms with van der Waals surface area (Å²) >= 11 is 0. The van der Waals surface area contributed by atoms with Crippen molar-refractivity contribution >= 4 is 5.69 Å². The van der Waals surface area contributed by atoms with Gasteiger partial charge in [0.2, 0.25) is 0 Å². The van der Waals surface area contributed by atoms with Gasteiger partial charge in [0.1, 0.15) is 13.2 Å². The number of nitrogen functional groups attached to an aromatic ring is 1. The Hall–Kier alpha value is -1.46. The Labute approximate surface area is 120 Å². The zero-order chi connectivity index (χ0) is 14.4. The van der Waals surface area contributed by atoms with Gasteiger partial charge in [0.05, 0.1) is 6.61 Å². The molecule has 1 aliphatic heterocycles. The maximum absolute atomic E-state index is 6.11. The minimum atomic E-state index is 0.585. The van der Waals surface area contributed by atoms with E-state index >= 15 is 0 Å². The van der Waals surface area contributed by atoms with E-state index in [-0.39, 0.29) is 0 Å². The number of benzene rings is 1. The summed E-state index contributed by atoms with van der Waals surface area (Å²) in [6.45, 7) is 9.48. The van der Waals surface area contributed by atoms with Crippen molar-refractivity contribution in [1.82, 2.24) is 4.90 Å². The fraction of sp³-hybridized carbons (Fsp3) is 0.600. The minimum Gasteiger partial charge on any atom is -0.486 e. The number of nitrogens with zero attached hydrogens (tertiary/aromatic N) is 1. The first-order valence-electron chi connectivity index (χ1n) is 7.22. The Bertz CT molecular complexity index is 437. The number of ether oxygens (including phenoxy) is 3. The van der Waals surface area contributed by atoms with Gasteiger partial charge in [-0.2, -0.15) is 0 Å². The fourth-order valence-corrected chi connectivity index (χ4v) is 2.21. The molecule has 1 heterocycles. The monoisotopic (exact) mass is 280 g/mol. The van der Waals surface area contributed by atoms with Gasteiger partial charge >= 0.3 is 0 Å². The van der Waals surface area contributed by atoms with Crippen molar-refractivity contribution < 1.29 is 14.2 Å². The molecule has 2 rings (SSSR count). The molecular weight excluding hydrogens is 256 g/mol. The summed E-state index contributed by atoms with van der Waals surface area (Å²) in [6.07, 6.45) is 0. The summed E-state index contributed by atoms with van der Waals surface area (Å²) in [5.41, 5.74) is 7.94. The van der Waals surface area contributed by atoms with Crippen LogP contribution in [0.2, 0.25) is 0 Å². The Balaban J connectivity index is 2.03. The van der Waals surface area contributed by atoms with Crippen LogP contribution in [0.25, 0.3) is 0 Å². The Morgan fingerprint density at radius 2 is 1.90 bits per heavy atom. The Morgan fingerprint density at radius 3 is 2.55 bits per heavy atom. The molecule has 0 unspecified atom stereocenters. The van der Waals surface area contributed by atoms with Crippen molar-refractivity contribution in [3.05, 3.63) is 17.7 Å². The lowest BCUT2D eigenvalue weighted by Gasteiger charge is -2.24. The van der Waals surface area contributed by atoms with E-state index in [0.717, 1.165) is 55.6 Å². The van der Waals surface area contributed by atoms with Crippen molar-refractivity contribution in [3.63, 3.8) is 0 Å². The van der Waals surface area contributed by atoms with E-state index in [1.807, 2.05) is 19.1 Å². The molecule has 0 atom stereocenters. The van der Waals surface area contributed by atoms with Crippen LogP contribution in [0.4, 0.5) is 5.69 Å². The van der Waals surface area contributed by atoms with Gasteiger partial charge in [-0.25, -0.2) is 0 Å². The maximum Gasteiger partial charge on any atom is 0.163 e. The third kappa shape index (κ3) is 3.77. The average Bonchev–Trinajstić information content (AvgIpc) is 2.47. The quantitative estimate of drug-likeness (QED) is 0.610. The van der Waals surface area contributed by atoms with Gasteiger partial charge in [-0.15, -0.1) is 0 Å². The predicted octanol–water partition coefficient (Wildman–Crippen LogP) is 1.90. The van der Waals surface area contributed by atoms with Crippen LogP contribution in [-0.2, 0) is 11.3 Å². The number of likely N-dealkylation sites (N-methyl/N-ethyl adjacent to an activating group) is 1. The van der Waals surface area contributed by atoms with E-state index < -0.39 is 0 Å². The van der Waals surface area contributed by atoms with E-state index in [2.05, 4.69) is 11.8 Å². The molecule has 1 aromatic carbocycles. The molecule has 0 saturated heterocycles. The Morgan fingerprint density at radius 1 is 1.20 bits per heavy atom. The molecule has 0 fully saturated rings. The first-order valence-corrected chi connectivity index (χ1v) is 7.22. The molecule has 2 N–H and O–H groups in total. The first kappa shape index (κ1) is 14.9. The zero-order valence-corrected chi connectivity index (χ0v) is 12.4. The summed E-state index contributed by atoms with van der Waals surface area (Å²) in [4.78, 5) is 2.30. The van der Waals surface area contributed by atoms with Crippen molar-refractivity contribution in [2.75, 3.05) is 45.3 Å². The maximum atomic E-state index is 6.11. The normalized spacial score (nSPS) is 13.8. The molecule has 0 aromatic heterocycles. The lowest BCUT2D eigenvalue weighted by Crippen LogP contribution is -2.27. The largest absolute Gasteiger partial charge is 0.486 e.